The molecule has 6 nitrogen and oxygen atoms in total. The third-order valence-electron chi connectivity index (χ3n) is 3.99. The Balaban J connectivity index is 1.70. The van der Waals surface area contributed by atoms with Gasteiger partial charge in [0.2, 0.25) is 5.91 Å². The molecular formula is C15H18N4O2. The highest BCUT2D eigenvalue weighted by molar-refractivity contribution is 5.79. The van der Waals surface area contributed by atoms with Crippen LogP contribution in [0, 0.1) is 6.92 Å². The highest BCUT2D eigenvalue weighted by Gasteiger charge is 2.20. The van der Waals surface area contributed by atoms with Crippen LogP contribution in [0.25, 0.3) is 0 Å². The second-order valence-corrected chi connectivity index (χ2v) is 5.33. The summed E-state index contributed by atoms with van der Waals surface area (Å²) >= 11 is 0. The second kappa shape index (κ2) is 5.55. The maximum Gasteiger partial charge on any atom is 0.343 e. The Morgan fingerprint density at radius 3 is 2.90 bits per heavy atom. The number of hydrogen-bond acceptors (Lipinski definition) is 3. The fourth-order valence-electron chi connectivity index (χ4n) is 2.67. The Kier molecular flexibility index (Phi) is 3.60. The van der Waals surface area contributed by atoms with Gasteiger partial charge >= 0.3 is 5.69 Å². The summed E-state index contributed by atoms with van der Waals surface area (Å²) in [5.74, 6) is 0.831. The largest absolute Gasteiger partial charge is 0.343 e. The van der Waals surface area contributed by atoms with Gasteiger partial charge < -0.3 is 4.90 Å². The molecule has 0 aliphatic carbocycles. The zero-order valence-electron chi connectivity index (χ0n) is 12.0. The lowest BCUT2D eigenvalue weighted by molar-refractivity contribution is -0.130. The van der Waals surface area contributed by atoms with Gasteiger partial charge in [-0.05, 0) is 18.1 Å². The van der Waals surface area contributed by atoms with Crippen LogP contribution in [-0.4, -0.2) is 38.7 Å². The SMILES string of the molecule is Cc1ccccc1CC(=O)N1CCc2n[nH]c(=O)n2CC1. The van der Waals surface area contributed by atoms with Crippen molar-refractivity contribution in [1.82, 2.24) is 19.7 Å². The maximum absolute atomic E-state index is 12.4. The number of aryl methyl sites for hydroxylation is 1. The van der Waals surface area contributed by atoms with E-state index in [0.29, 0.717) is 32.5 Å². The molecule has 2 heterocycles. The molecule has 1 aromatic heterocycles. The van der Waals surface area contributed by atoms with Crippen molar-refractivity contribution in [2.24, 2.45) is 0 Å². The molecule has 1 amide bonds. The van der Waals surface area contributed by atoms with Gasteiger partial charge in [0, 0.05) is 26.1 Å². The molecule has 0 bridgehead atoms. The van der Waals surface area contributed by atoms with E-state index in [0.717, 1.165) is 17.0 Å². The Bertz CT molecular complexity index is 716. The summed E-state index contributed by atoms with van der Waals surface area (Å²) in [6.45, 7) is 3.68. The van der Waals surface area contributed by atoms with E-state index in [4.69, 9.17) is 0 Å². The summed E-state index contributed by atoms with van der Waals surface area (Å²) in [7, 11) is 0. The van der Waals surface area contributed by atoms with Crippen LogP contribution in [0.15, 0.2) is 29.1 Å². The number of aromatic nitrogens is 3. The van der Waals surface area contributed by atoms with E-state index in [2.05, 4.69) is 10.2 Å². The van der Waals surface area contributed by atoms with Gasteiger partial charge in [-0.1, -0.05) is 24.3 Å². The van der Waals surface area contributed by atoms with Crippen molar-refractivity contribution in [1.29, 1.82) is 0 Å². The summed E-state index contributed by atoms with van der Waals surface area (Å²) in [6.07, 6.45) is 1.02. The molecule has 2 aromatic rings. The Morgan fingerprint density at radius 1 is 1.29 bits per heavy atom. The van der Waals surface area contributed by atoms with Gasteiger partial charge in [-0.25, -0.2) is 9.89 Å². The number of benzene rings is 1. The number of aromatic amines is 1. The van der Waals surface area contributed by atoms with Gasteiger partial charge in [0.1, 0.15) is 5.82 Å². The summed E-state index contributed by atoms with van der Waals surface area (Å²) in [5.41, 5.74) is 1.99. The molecule has 0 saturated carbocycles. The summed E-state index contributed by atoms with van der Waals surface area (Å²) in [5, 5.41) is 6.45. The molecule has 1 aliphatic rings. The predicted molar refractivity (Wildman–Crippen MR) is 78.0 cm³/mol. The number of rotatable bonds is 2. The van der Waals surface area contributed by atoms with E-state index in [1.165, 1.54) is 0 Å². The number of amides is 1. The zero-order chi connectivity index (χ0) is 14.8. The van der Waals surface area contributed by atoms with Crippen molar-refractivity contribution in [3.63, 3.8) is 0 Å². The Morgan fingerprint density at radius 2 is 2.10 bits per heavy atom. The number of carbonyl (C=O) groups excluding carboxylic acids is 1. The van der Waals surface area contributed by atoms with Crippen molar-refractivity contribution in [2.75, 3.05) is 13.1 Å². The molecule has 0 radical (unpaired) electrons. The summed E-state index contributed by atoms with van der Waals surface area (Å²) < 4.78 is 1.61. The van der Waals surface area contributed by atoms with Crippen LogP contribution >= 0.6 is 0 Å². The minimum atomic E-state index is -0.196. The molecule has 6 heteroatoms. The van der Waals surface area contributed by atoms with Crippen molar-refractivity contribution in [3.05, 3.63) is 51.7 Å². The molecule has 0 unspecified atom stereocenters. The lowest BCUT2D eigenvalue weighted by Gasteiger charge is -2.20. The van der Waals surface area contributed by atoms with Crippen LogP contribution in [0.3, 0.4) is 0 Å². The molecule has 110 valence electrons. The fourth-order valence-corrected chi connectivity index (χ4v) is 2.67. The molecule has 1 aliphatic heterocycles. The lowest BCUT2D eigenvalue weighted by atomic mass is 10.1. The summed E-state index contributed by atoms with van der Waals surface area (Å²) in [6, 6.07) is 7.93. The number of carbonyl (C=O) groups is 1. The molecule has 21 heavy (non-hydrogen) atoms. The highest BCUT2D eigenvalue weighted by Crippen LogP contribution is 2.11. The first-order valence-corrected chi connectivity index (χ1v) is 7.11. The van der Waals surface area contributed by atoms with Crippen LogP contribution in [0.4, 0.5) is 0 Å². The average molecular weight is 286 g/mol. The van der Waals surface area contributed by atoms with E-state index in [9.17, 15) is 9.59 Å². The van der Waals surface area contributed by atoms with Crippen molar-refractivity contribution in [3.8, 4) is 0 Å². The van der Waals surface area contributed by atoms with Crippen LogP contribution in [0.5, 0.6) is 0 Å². The Hall–Kier alpha value is -2.37. The molecule has 1 aromatic carbocycles. The van der Waals surface area contributed by atoms with Crippen molar-refractivity contribution < 1.29 is 4.79 Å². The van der Waals surface area contributed by atoms with Crippen molar-refractivity contribution >= 4 is 5.91 Å². The Labute approximate surface area is 122 Å². The quantitative estimate of drug-likeness (QED) is 0.874. The number of hydrogen-bond donors (Lipinski definition) is 1. The van der Waals surface area contributed by atoms with Gasteiger partial charge in [0.15, 0.2) is 0 Å². The normalized spacial score (nSPS) is 14.6. The molecular weight excluding hydrogens is 268 g/mol. The molecule has 0 spiro atoms. The van der Waals surface area contributed by atoms with Crippen LogP contribution < -0.4 is 5.69 Å². The second-order valence-electron chi connectivity index (χ2n) is 5.33. The minimum absolute atomic E-state index is 0.103. The van der Waals surface area contributed by atoms with Gasteiger partial charge in [-0.2, -0.15) is 5.10 Å². The van der Waals surface area contributed by atoms with E-state index in [-0.39, 0.29) is 11.6 Å². The minimum Gasteiger partial charge on any atom is -0.340 e. The average Bonchev–Trinajstić information content (AvgIpc) is 2.71. The van der Waals surface area contributed by atoms with Crippen LogP contribution in [0.1, 0.15) is 17.0 Å². The molecule has 0 fully saturated rings. The monoisotopic (exact) mass is 286 g/mol. The topological polar surface area (TPSA) is 71.0 Å². The fraction of sp³-hybridized carbons (Fsp3) is 0.400. The summed E-state index contributed by atoms with van der Waals surface area (Å²) in [4.78, 5) is 25.8. The molecule has 0 saturated heterocycles. The van der Waals surface area contributed by atoms with E-state index < -0.39 is 0 Å². The first kappa shape index (κ1) is 13.6. The first-order chi connectivity index (χ1) is 10.1. The van der Waals surface area contributed by atoms with Gasteiger partial charge in [0.05, 0.1) is 6.42 Å². The van der Waals surface area contributed by atoms with Gasteiger partial charge in [-0.3, -0.25) is 9.36 Å². The smallest absolute Gasteiger partial charge is 0.340 e. The third kappa shape index (κ3) is 2.74. The van der Waals surface area contributed by atoms with E-state index in [1.54, 1.807) is 4.57 Å². The third-order valence-corrected chi connectivity index (χ3v) is 3.99. The first-order valence-electron chi connectivity index (χ1n) is 7.11. The predicted octanol–water partition coefficient (Wildman–Crippen LogP) is 0.507. The van der Waals surface area contributed by atoms with E-state index >= 15 is 0 Å². The lowest BCUT2D eigenvalue weighted by Crippen LogP contribution is -2.35. The molecule has 3 rings (SSSR count). The molecule has 0 atom stereocenters. The maximum atomic E-state index is 12.4. The number of nitrogens with zero attached hydrogens (tertiary/aromatic N) is 3. The van der Waals surface area contributed by atoms with Crippen LogP contribution in [-0.2, 0) is 24.2 Å². The molecule has 1 N–H and O–H groups in total. The zero-order valence-corrected chi connectivity index (χ0v) is 12.0. The number of H-pyrrole nitrogens is 1. The van der Waals surface area contributed by atoms with E-state index in [1.807, 2.05) is 36.1 Å². The van der Waals surface area contributed by atoms with Crippen LogP contribution in [0.2, 0.25) is 0 Å². The number of nitrogens with one attached hydrogen (secondary N) is 1. The van der Waals surface area contributed by atoms with Gasteiger partial charge in [-0.15, -0.1) is 0 Å². The standard InChI is InChI=1S/C15H18N4O2/c1-11-4-2-3-5-12(11)10-14(20)18-7-6-13-16-17-15(21)19(13)9-8-18/h2-5H,6-10H2,1H3,(H,17,21). The number of fused-ring (bicyclic) bond motifs is 1. The highest BCUT2D eigenvalue weighted by atomic mass is 16.2. The van der Waals surface area contributed by atoms with Gasteiger partial charge in [0.25, 0.3) is 0 Å². The van der Waals surface area contributed by atoms with Crippen molar-refractivity contribution in [2.45, 2.75) is 26.3 Å².